The van der Waals surface area contributed by atoms with Crippen LogP contribution in [0.3, 0.4) is 0 Å². The topological polar surface area (TPSA) is 65.7 Å². The van der Waals surface area contributed by atoms with Crippen molar-refractivity contribution < 1.29 is 18.7 Å². The molecule has 0 saturated carbocycles. The first-order valence-electron chi connectivity index (χ1n) is 10.1. The Kier molecular flexibility index (Phi) is 5.38. The molecule has 0 radical (unpaired) electrons. The number of hydrogen-bond acceptors (Lipinski definition) is 5. The molecule has 2 aromatic carbocycles. The van der Waals surface area contributed by atoms with E-state index in [9.17, 15) is 9.59 Å². The fraction of sp³-hybridized carbons (Fsp3) is 0.333. The SMILES string of the molecule is CCOC(=O)[C@@H](Oc1ccc2c3c(c(=O)oc2c1C)CCCC3)c1ccccc1. The molecule has 0 fully saturated rings. The highest BCUT2D eigenvalue weighted by atomic mass is 16.6. The van der Waals surface area contributed by atoms with Gasteiger partial charge in [0.2, 0.25) is 6.10 Å². The Morgan fingerprint density at radius 2 is 1.79 bits per heavy atom. The maximum absolute atomic E-state index is 12.5. The van der Waals surface area contributed by atoms with Gasteiger partial charge in [-0.1, -0.05) is 30.3 Å². The Bertz CT molecular complexity index is 1100. The number of carbonyl (C=O) groups is 1. The first-order chi connectivity index (χ1) is 14.1. The van der Waals surface area contributed by atoms with Crippen molar-refractivity contribution in [1.82, 2.24) is 0 Å². The molecule has 0 amide bonds. The second-order valence-corrected chi connectivity index (χ2v) is 7.28. The third-order valence-corrected chi connectivity index (χ3v) is 5.44. The van der Waals surface area contributed by atoms with Crippen molar-refractivity contribution in [2.45, 2.75) is 45.6 Å². The lowest BCUT2D eigenvalue weighted by Gasteiger charge is -2.21. The summed E-state index contributed by atoms with van der Waals surface area (Å²) < 4.78 is 17.0. The van der Waals surface area contributed by atoms with Crippen LogP contribution in [0.4, 0.5) is 0 Å². The molecule has 0 saturated heterocycles. The summed E-state index contributed by atoms with van der Waals surface area (Å²) in [7, 11) is 0. The summed E-state index contributed by atoms with van der Waals surface area (Å²) in [6.45, 7) is 3.88. The smallest absolute Gasteiger partial charge is 0.352 e. The van der Waals surface area contributed by atoms with Gasteiger partial charge in [0, 0.05) is 22.1 Å². The van der Waals surface area contributed by atoms with E-state index in [2.05, 4.69) is 0 Å². The van der Waals surface area contributed by atoms with E-state index in [0.29, 0.717) is 22.5 Å². The lowest BCUT2D eigenvalue weighted by Crippen LogP contribution is -2.22. The van der Waals surface area contributed by atoms with Crippen LogP contribution in [0, 0.1) is 6.92 Å². The second kappa shape index (κ2) is 8.11. The molecule has 0 spiro atoms. The first kappa shape index (κ1) is 19.2. The summed E-state index contributed by atoms with van der Waals surface area (Å²) in [6.07, 6.45) is 2.84. The molecule has 0 N–H and O–H groups in total. The fourth-order valence-corrected chi connectivity index (χ4v) is 3.98. The zero-order valence-corrected chi connectivity index (χ0v) is 16.7. The molecule has 1 atom stereocenters. The van der Waals surface area contributed by atoms with Crippen LogP contribution in [0.1, 0.15) is 48.1 Å². The normalized spacial score (nSPS) is 14.3. The number of hydrogen-bond donors (Lipinski definition) is 0. The van der Waals surface area contributed by atoms with Gasteiger partial charge in [0.05, 0.1) is 6.61 Å². The van der Waals surface area contributed by atoms with E-state index in [0.717, 1.165) is 42.2 Å². The Balaban J connectivity index is 1.78. The van der Waals surface area contributed by atoms with Crippen molar-refractivity contribution >= 4 is 16.9 Å². The minimum absolute atomic E-state index is 0.266. The molecule has 1 aromatic heterocycles. The molecule has 0 aliphatic heterocycles. The Morgan fingerprint density at radius 1 is 1.07 bits per heavy atom. The van der Waals surface area contributed by atoms with Gasteiger partial charge in [-0.3, -0.25) is 0 Å². The van der Waals surface area contributed by atoms with Gasteiger partial charge in [0.25, 0.3) is 0 Å². The fourth-order valence-electron chi connectivity index (χ4n) is 3.98. The van der Waals surface area contributed by atoms with E-state index in [4.69, 9.17) is 13.9 Å². The number of fused-ring (bicyclic) bond motifs is 3. The zero-order chi connectivity index (χ0) is 20.4. The van der Waals surface area contributed by atoms with Crippen LogP contribution in [-0.4, -0.2) is 12.6 Å². The quantitative estimate of drug-likeness (QED) is 0.467. The number of rotatable bonds is 5. The molecular formula is C24H24O5. The summed E-state index contributed by atoms with van der Waals surface area (Å²) in [5, 5.41) is 0.955. The van der Waals surface area contributed by atoms with Crippen LogP contribution in [0.2, 0.25) is 0 Å². The summed E-state index contributed by atoms with van der Waals surface area (Å²) in [4.78, 5) is 25.0. The predicted molar refractivity (Wildman–Crippen MR) is 110 cm³/mol. The summed E-state index contributed by atoms with van der Waals surface area (Å²) >= 11 is 0. The average Bonchev–Trinajstić information content (AvgIpc) is 2.75. The lowest BCUT2D eigenvalue weighted by molar-refractivity contribution is -0.151. The summed E-state index contributed by atoms with van der Waals surface area (Å²) in [5.74, 6) is 0.0448. The lowest BCUT2D eigenvalue weighted by atomic mass is 9.90. The van der Waals surface area contributed by atoms with Gasteiger partial charge in [0.15, 0.2) is 0 Å². The van der Waals surface area contributed by atoms with Crippen LogP contribution in [0.15, 0.2) is 51.7 Å². The Hall–Kier alpha value is -3.08. The molecule has 1 aliphatic rings. The van der Waals surface area contributed by atoms with E-state index in [1.54, 1.807) is 6.92 Å². The maximum Gasteiger partial charge on any atom is 0.352 e. The highest BCUT2D eigenvalue weighted by Gasteiger charge is 2.26. The average molecular weight is 392 g/mol. The van der Waals surface area contributed by atoms with Crippen molar-refractivity contribution in [1.29, 1.82) is 0 Å². The number of benzene rings is 2. The van der Waals surface area contributed by atoms with E-state index in [1.165, 1.54) is 0 Å². The van der Waals surface area contributed by atoms with Crippen molar-refractivity contribution in [3.05, 3.63) is 75.1 Å². The van der Waals surface area contributed by atoms with Gasteiger partial charge in [-0.15, -0.1) is 0 Å². The minimum atomic E-state index is -0.892. The Morgan fingerprint density at radius 3 is 2.52 bits per heavy atom. The molecule has 150 valence electrons. The molecule has 0 unspecified atom stereocenters. The zero-order valence-electron chi connectivity index (χ0n) is 16.7. The first-order valence-corrected chi connectivity index (χ1v) is 10.1. The molecular weight excluding hydrogens is 368 g/mol. The second-order valence-electron chi connectivity index (χ2n) is 7.28. The molecule has 1 heterocycles. The maximum atomic E-state index is 12.5. The van der Waals surface area contributed by atoms with Crippen LogP contribution in [0.25, 0.3) is 11.0 Å². The van der Waals surface area contributed by atoms with E-state index >= 15 is 0 Å². The van der Waals surface area contributed by atoms with Crippen molar-refractivity contribution in [2.24, 2.45) is 0 Å². The van der Waals surface area contributed by atoms with E-state index < -0.39 is 12.1 Å². The number of aryl methyl sites for hydroxylation is 2. The molecule has 1 aliphatic carbocycles. The van der Waals surface area contributed by atoms with Crippen LogP contribution in [0.5, 0.6) is 5.75 Å². The van der Waals surface area contributed by atoms with Gasteiger partial charge in [-0.2, -0.15) is 0 Å². The number of ether oxygens (including phenoxy) is 2. The van der Waals surface area contributed by atoms with Crippen LogP contribution >= 0.6 is 0 Å². The van der Waals surface area contributed by atoms with Gasteiger partial charge in [0.1, 0.15) is 11.3 Å². The van der Waals surface area contributed by atoms with Crippen LogP contribution < -0.4 is 10.4 Å². The van der Waals surface area contributed by atoms with Gasteiger partial charge in [-0.05, 0) is 57.2 Å². The number of carbonyl (C=O) groups excluding carboxylic acids is 1. The largest absolute Gasteiger partial charge is 0.474 e. The van der Waals surface area contributed by atoms with Crippen molar-refractivity contribution in [3.8, 4) is 5.75 Å². The molecule has 4 rings (SSSR count). The summed E-state index contributed by atoms with van der Waals surface area (Å²) in [5.41, 5.74) is 3.56. The van der Waals surface area contributed by atoms with Gasteiger partial charge >= 0.3 is 11.6 Å². The standard InChI is InChI=1S/C24H24O5/c1-3-27-24(26)22(16-9-5-4-6-10-16)28-20-14-13-18-17-11-7-8-12-19(17)23(25)29-21(18)15(20)2/h4-6,9-10,13-14,22H,3,7-8,11-12H2,1-2H3/t22-/m0/s1. The highest BCUT2D eigenvalue weighted by molar-refractivity contribution is 5.86. The molecule has 0 bridgehead atoms. The third kappa shape index (κ3) is 3.65. The number of esters is 1. The molecule has 29 heavy (non-hydrogen) atoms. The molecule has 3 aromatic rings. The Labute approximate surface area is 169 Å². The minimum Gasteiger partial charge on any atom is -0.474 e. The highest BCUT2D eigenvalue weighted by Crippen LogP contribution is 2.34. The third-order valence-electron chi connectivity index (χ3n) is 5.44. The summed E-state index contributed by atoms with van der Waals surface area (Å²) in [6, 6.07) is 13.0. The van der Waals surface area contributed by atoms with Crippen LogP contribution in [-0.2, 0) is 22.4 Å². The van der Waals surface area contributed by atoms with E-state index in [-0.39, 0.29) is 12.2 Å². The van der Waals surface area contributed by atoms with Crippen molar-refractivity contribution in [2.75, 3.05) is 6.61 Å². The van der Waals surface area contributed by atoms with Gasteiger partial charge < -0.3 is 13.9 Å². The van der Waals surface area contributed by atoms with Gasteiger partial charge in [-0.25, -0.2) is 9.59 Å². The monoisotopic (exact) mass is 392 g/mol. The van der Waals surface area contributed by atoms with E-state index in [1.807, 2.05) is 49.4 Å². The molecule has 5 heteroatoms. The van der Waals surface area contributed by atoms with Crippen molar-refractivity contribution in [3.63, 3.8) is 0 Å². The molecule has 5 nitrogen and oxygen atoms in total. The predicted octanol–water partition coefficient (Wildman–Crippen LogP) is 4.66.